The van der Waals surface area contributed by atoms with Crippen molar-refractivity contribution in [3.8, 4) is 5.75 Å². The topological polar surface area (TPSA) is 18.5 Å². The van der Waals surface area contributed by atoms with Gasteiger partial charge in [-0.2, -0.15) is 0 Å². The number of aryl methyl sites for hydroxylation is 1. The standard InChI is InChI=1S/C22H30O2/c1-4-18(2)21-13-15-22(16-14-21)24-19(3)23-17-9-8-12-20-10-6-5-7-11-20/h5-7,10-11,13-16,18-19H,4,8-9,12,17H2,1-3H3. The van der Waals surface area contributed by atoms with Crippen LogP contribution in [0.25, 0.3) is 0 Å². The third-order valence-corrected chi connectivity index (χ3v) is 4.42. The molecule has 130 valence electrons. The number of hydrogen-bond acceptors (Lipinski definition) is 2. The summed E-state index contributed by atoms with van der Waals surface area (Å²) in [4.78, 5) is 0. The largest absolute Gasteiger partial charge is 0.465 e. The van der Waals surface area contributed by atoms with Crippen LogP contribution in [-0.4, -0.2) is 12.9 Å². The van der Waals surface area contributed by atoms with Crippen molar-refractivity contribution in [2.45, 2.75) is 58.7 Å². The molecule has 24 heavy (non-hydrogen) atoms. The van der Waals surface area contributed by atoms with Gasteiger partial charge in [-0.05, 0) is 61.8 Å². The molecule has 2 aromatic rings. The molecule has 0 bridgehead atoms. The summed E-state index contributed by atoms with van der Waals surface area (Å²) in [7, 11) is 0. The molecule has 2 unspecified atom stereocenters. The van der Waals surface area contributed by atoms with Crippen LogP contribution in [0.15, 0.2) is 54.6 Å². The van der Waals surface area contributed by atoms with Gasteiger partial charge in [-0.15, -0.1) is 0 Å². The summed E-state index contributed by atoms with van der Waals surface area (Å²) in [6.07, 6.45) is 4.24. The van der Waals surface area contributed by atoms with Gasteiger partial charge in [0, 0.05) is 0 Å². The second-order valence-electron chi connectivity index (χ2n) is 6.38. The summed E-state index contributed by atoms with van der Waals surface area (Å²) in [5.74, 6) is 1.47. The van der Waals surface area contributed by atoms with Gasteiger partial charge in [-0.3, -0.25) is 0 Å². The Morgan fingerprint density at radius 1 is 0.875 bits per heavy atom. The Morgan fingerprint density at radius 2 is 1.58 bits per heavy atom. The van der Waals surface area contributed by atoms with Crippen molar-refractivity contribution in [2.75, 3.05) is 6.61 Å². The first-order valence-electron chi connectivity index (χ1n) is 9.11. The Kier molecular flexibility index (Phi) is 7.84. The lowest BCUT2D eigenvalue weighted by Gasteiger charge is -2.16. The van der Waals surface area contributed by atoms with E-state index in [4.69, 9.17) is 9.47 Å². The monoisotopic (exact) mass is 326 g/mol. The fourth-order valence-corrected chi connectivity index (χ4v) is 2.66. The molecule has 0 fully saturated rings. The van der Waals surface area contributed by atoms with E-state index in [9.17, 15) is 0 Å². The van der Waals surface area contributed by atoms with Gasteiger partial charge in [0.25, 0.3) is 0 Å². The number of unbranched alkanes of at least 4 members (excludes halogenated alkanes) is 1. The first kappa shape index (κ1) is 18.5. The van der Waals surface area contributed by atoms with Gasteiger partial charge < -0.3 is 9.47 Å². The second kappa shape index (κ2) is 10.1. The minimum absolute atomic E-state index is 0.212. The van der Waals surface area contributed by atoms with Crippen LogP contribution in [0, 0.1) is 0 Å². The Balaban J connectivity index is 1.63. The molecular formula is C22H30O2. The minimum atomic E-state index is -0.212. The van der Waals surface area contributed by atoms with Crippen LogP contribution >= 0.6 is 0 Å². The van der Waals surface area contributed by atoms with E-state index in [0.29, 0.717) is 5.92 Å². The highest BCUT2D eigenvalue weighted by Gasteiger charge is 2.06. The van der Waals surface area contributed by atoms with Crippen molar-refractivity contribution in [2.24, 2.45) is 0 Å². The molecule has 0 N–H and O–H groups in total. The predicted octanol–water partition coefficient (Wildman–Crippen LogP) is 5.96. The van der Waals surface area contributed by atoms with Gasteiger partial charge in [-0.1, -0.05) is 56.3 Å². The second-order valence-corrected chi connectivity index (χ2v) is 6.38. The SMILES string of the molecule is CCC(C)c1ccc(OC(C)OCCCCc2ccccc2)cc1. The van der Waals surface area contributed by atoms with Gasteiger partial charge in [-0.25, -0.2) is 0 Å². The summed E-state index contributed by atoms with van der Waals surface area (Å²) in [6, 6.07) is 19.0. The lowest BCUT2D eigenvalue weighted by Crippen LogP contribution is -2.17. The zero-order valence-electron chi connectivity index (χ0n) is 15.2. The van der Waals surface area contributed by atoms with Crippen LogP contribution in [-0.2, 0) is 11.2 Å². The third kappa shape index (κ3) is 6.37. The maximum Gasteiger partial charge on any atom is 0.196 e. The van der Waals surface area contributed by atoms with Crippen molar-refractivity contribution in [1.82, 2.24) is 0 Å². The molecule has 0 aliphatic heterocycles. The number of ether oxygens (including phenoxy) is 2. The molecule has 2 atom stereocenters. The van der Waals surface area contributed by atoms with Crippen molar-refractivity contribution in [3.05, 3.63) is 65.7 Å². The molecule has 0 aromatic heterocycles. The Hall–Kier alpha value is -1.80. The number of benzene rings is 2. The first-order chi connectivity index (χ1) is 11.7. The molecule has 0 saturated heterocycles. The molecule has 0 aliphatic carbocycles. The fraction of sp³-hybridized carbons (Fsp3) is 0.455. The lowest BCUT2D eigenvalue weighted by molar-refractivity contribution is -0.0675. The summed E-state index contributed by atoms with van der Waals surface area (Å²) < 4.78 is 11.6. The number of rotatable bonds is 10. The summed E-state index contributed by atoms with van der Waals surface area (Å²) in [5.41, 5.74) is 2.75. The zero-order chi connectivity index (χ0) is 17.2. The zero-order valence-corrected chi connectivity index (χ0v) is 15.2. The molecule has 2 nitrogen and oxygen atoms in total. The van der Waals surface area contributed by atoms with E-state index < -0.39 is 0 Å². The van der Waals surface area contributed by atoms with E-state index in [1.54, 1.807) is 0 Å². The molecule has 0 heterocycles. The smallest absolute Gasteiger partial charge is 0.196 e. The molecule has 2 rings (SSSR count). The Morgan fingerprint density at radius 3 is 2.25 bits per heavy atom. The normalized spacial score (nSPS) is 13.5. The van der Waals surface area contributed by atoms with Crippen LogP contribution in [0.1, 0.15) is 57.1 Å². The summed E-state index contributed by atoms with van der Waals surface area (Å²) >= 11 is 0. The highest BCUT2D eigenvalue weighted by molar-refractivity contribution is 5.29. The molecule has 0 aliphatic rings. The van der Waals surface area contributed by atoms with Crippen molar-refractivity contribution >= 4 is 0 Å². The Labute approximate surface area is 146 Å². The predicted molar refractivity (Wildman–Crippen MR) is 101 cm³/mol. The average Bonchev–Trinajstić information content (AvgIpc) is 2.62. The molecule has 0 radical (unpaired) electrons. The fourth-order valence-electron chi connectivity index (χ4n) is 2.66. The minimum Gasteiger partial charge on any atom is -0.465 e. The first-order valence-corrected chi connectivity index (χ1v) is 9.11. The lowest BCUT2D eigenvalue weighted by atomic mass is 9.99. The van der Waals surface area contributed by atoms with Gasteiger partial charge in [0.1, 0.15) is 5.75 Å². The van der Waals surface area contributed by atoms with E-state index in [0.717, 1.165) is 38.0 Å². The summed E-state index contributed by atoms with van der Waals surface area (Å²) in [5, 5.41) is 0. The molecule has 0 spiro atoms. The van der Waals surface area contributed by atoms with Gasteiger partial charge in [0.05, 0.1) is 6.61 Å². The highest BCUT2D eigenvalue weighted by Crippen LogP contribution is 2.22. The highest BCUT2D eigenvalue weighted by atomic mass is 16.7. The van der Waals surface area contributed by atoms with Crippen LogP contribution in [0.3, 0.4) is 0 Å². The van der Waals surface area contributed by atoms with Crippen molar-refractivity contribution in [3.63, 3.8) is 0 Å². The maximum absolute atomic E-state index is 5.83. The third-order valence-electron chi connectivity index (χ3n) is 4.42. The van der Waals surface area contributed by atoms with Crippen molar-refractivity contribution < 1.29 is 9.47 Å². The van der Waals surface area contributed by atoms with E-state index >= 15 is 0 Å². The number of hydrogen-bond donors (Lipinski definition) is 0. The molecule has 0 saturated carbocycles. The van der Waals surface area contributed by atoms with Crippen LogP contribution in [0.2, 0.25) is 0 Å². The van der Waals surface area contributed by atoms with E-state index in [1.807, 2.05) is 19.1 Å². The Bertz CT molecular complexity index is 562. The van der Waals surface area contributed by atoms with Crippen LogP contribution in [0.4, 0.5) is 0 Å². The molecule has 0 amide bonds. The van der Waals surface area contributed by atoms with E-state index in [1.165, 1.54) is 11.1 Å². The van der Waals surface area contributed by atoms with E-state index in [-0.39, 0.29) is 6.29 Å². The average molecular weight is 326 g/mol. The maximum atomic E-state index is 5.83. The van der Waals surface area contributed by atoms with Crippen molar-refractivity contribution in [1.29, 1.82) is 0 Å². The molecular weight excluding hydrogens is 296 g/mol. The summed E-state index contributed by atoms with van der Waals surface area (Å²) in [6.45, 7) is 7.15. The van der Waals surface area contributed by atoms with Gasteiger partial charge >= 0.3 is 0 Å². The van der Waals surface area contributed by atoms with Crippen LogP contribution in [0.5, 0.6) is 5.75 Å². The quantitative estimate of drug-likeness (QED) is 0.396. The van der Waals surface area contributed by atoms with Crippen LogP contribution < -0.4 is 4.74 Å². The molecule has 2 heteroatoms. The van der Waals surface area contributed by atoms with E-state index in [2.05, 4.69) is 56.3 Å². The van der Waals surface area contributed by atoms with Gasteiger partial charge in [0.15, 0.2) is 6.29 Å². The molecule has 2 aromatic carbocycles. The van der Waals surface area contributed by atoms with Gasteiger partial charge in [0.2, 0.25) is 0 Å².